The van der Waals surface area contributed by atoms with Crippen molar-refractivity contribution in [2.45, 2.75) is 31.6 Å². The third-order valence-corrected chi connectivity index (χ3v) is 3.46. The molecule has 0 aromatic carbocycles. The molecule has 0 unspecified atom stereocenters. The zero-order valence-electron chi connectivity index (χ0n) is 9.09. The fourth-order valence-corrected chi connectivity index (χ4v) is 1.41. The van der Waals surface area contributed by atoms with Crippen LogP contribution in [0.2, 0.25) is 19.1 Å². The van der Waals surface area contributed by atoms with Crippen LogP contribution in [0, 0.1) is 0 Å². The first-order valence-corrected chi connectivity index (χ1v) is 7.89. The Balaban J connectivity index is 3.56. The Morgan fingerprint density at radius 1 is 1.54 bits per heavy atom. The zero-order valence-corrected chi connectivity index (χ0v) is 10.2. The number of likely N-dealkylation sites (N-methyl/N-ethyl adjacent to an activating group) is 1. The van der Waals surface area contributed by atoms with Gasteiger partial charge in [-0.25, -0.2) is 0 Å². The molecule has 0 aliphatic rings. The van der Waals surface area contributed by atoms with E-state index in [0.717, 1.165) is 12.9 Å². The molecule has 0 aliphatic heterocycles. The first kappa shape index (κ1) is 12.8. The van der Waals surface area contributed by atoms with Gasteiger partial charge in [-0.15, -0.1) is 0 Å². The fraction of sp³-hybridized carbons (Fsp3) is 0.889. The third kappa shape index (κ3) is 5.96. The van der Waals surface area contributed by atoms with E-state index < -0.39 is 14.3 Å². The minimum atomic E-state index is -0.515. The van der Waals surface area contributed by atoms with E-state index in [2.05, 4.69) is 18.4 Å². The van der Waals surface area contributed by atoms with Gasteiger partial charge in [0, 0.05) is 15.4 Å². The molecule has 0 fully saturated rings. The topological polar surface area (TPSA) is 38.3 Å². The molecule has 0 heterocycles. The normalized spacial score (nSPS) is 15.8. The van der Waals surface area contributed by atoms with E-state index in [1.807, 2.05) is 6.92 Å². The molecule has 0 aromatic rings. The van der Waals surface area contributed by atoms with E-state index in [1.165, 1.54) is 6.04 Å². The van der Waals surface area contributed by atoms with E-state index >= 15 is 0 Å². The van der Waals surface area contributed by atoms with Crippen LogP contribution >= 0.6 is 0 Å². The molecule has 0 rings (SSSR count). The van der Waals surface area contributed by atoms with E-state index in [-0.39, 0.29) is 0 Å². The minimum Gasteiger partial charge on any atom is -0.379 e. The third-order valence-electron chi connectivity index (χ3n) is 2.07. The van der Waals surface area contributed by atoms with Crippen LogP contribution in [-0.4, -0.2) is 40.9 Å². The summed E-state index contributed by atoms with van der Waals surface area (Å²) in [5, 5.41) is 2.93. The van der Waals surface area contributed by atoms with Gasteiger partial charge in [0.15, 0.2) is 0 Å². The molecule has 3 nitrogen and oxygen atoms in total. The Labute approximate surface area is 82.5 Å². The van der Waals surface area contributed by atoms with Gasteiger partial charge in [-0.1, -0.05) is 13.1 Å². The number of carbonyl (C=O) groups excluding carboxylic acids is 1. The lowest BCUT2D eigenvalue weighted by Gasteiger charge is -2.22. The van der Waals surface area contributed by atoms with Gasteiger partial charge in [0.05, 0.1) is 12.1 Å². The summed E-state index contributed by atoms with van der Waals surface area (Å²) in [5.41, 5.74) is -0.515. The van der Waals surface area contributed by atoms with Crippen molar-refractivity contribution in [3.63, 3.8) is 0 Å². The summed E-state index contributed by atoms with van der Waals surface area (Å²) < 4.78 is 5.43. The molecule has 0 saturated heterocycles. The van der Waals surface area contributed by atoms with Crippen LogP contribution in [0.3, 0.4) is 0 Å². The van der Waals surface area contributed by atoms with Crippen molar-refractivity contribution < 1.29 is 9.53 Å². The van der Waals surface area contributed by atoms with E-state index in [4.69, 9.17) is 4.74 Å². The SMILES string of the molecule is CN[C@](C)(C=O)COCC[SiH](C)C. The number of nitrogens with one attached hydrogen (secondary N) is 1. The van der Waals surface area contributed by atoms with Crippen LogP contribution in [0.4, 0.5) is 0 Å². The second kappa shape index (κ2) is 6.29. The molecule has 0 spiro atoms. The molecular weight excluding hydrogens is 182 g/mol. The maximum atomic E-state index is 10.7. The number of ether oxygens (including phenoxy) is 1. The van der Waals surface area contributed by atoms with Crippen molar-refractivity contribution in [2.75, 3.05) is 20.3 Å². The molecule has 78 valence electrons. The largest absolute Gasteiger partial charge is 0.379 e. The quantitative estimate of drug-likeness (QED) is 0.375. The molecule has 13 heavy (non-hydrogen) atoms. The van der Waals surface area contributed by atoms with Crippen LogP contribution in [0.25, 0.3) is 0 Å². The lowest BCUT2D eigenvalue weighted by molar-refractivity contribution is -0.114. The van der Waals surface area contributed by atoms with Crippen molar-refractivity contribution in [1.82, 2.24) is 5.32 Å². The highest BCUT2D eigenvalue weighted by Gasteiger charge is 2.20. The Hall–Kier alpha value is -0.193. The Bertz CT molecular complexity index is 153. The lowest BCUT2D eigenvalue weighted by atomic mass is 10.1. The predicted molar refractivity (Wildman–Crippen MR) is 58.0 cm³/mol. The molecule has 0 saturated carbocycles. The van der Waals surface area contributed by atoms with E-state index in [1.54, 1.807) is 7.05 Å². The second-order valence-corrected chi connectivity index (χ2v) is 7.39. The van der Waals surface area contributed by atoms with Gasteiger partial charge >= 0.3 is 0 Å². The van der Waals surface area contributed by atoms with E-state index in [9.17, 15) is 4.79 Å². The molecule has 0 radical (unpaired) electrons. The van der Waals surface area contributed by atoms with Gasteiger partial charge in [0.25, 0.3) is 0 Å². The monoisotopic (exact) mass is 203 g/mol. The van der Waals surface area contributed by atoms with Crippen LogP contribution in [0.1, 0.15) is 6.92 Å². The highest BCUT2D eigenvalue weighted by Crippen LogP contribution is 2.00. The van der Waals surface area contributed by atoms with Crippen molar-refractivity contribution in [1.29, 1.82) is 0 Å². The smallest absolute Gasteiger partial charge is 0.142 e. The molecule has 1 N–H and O–H groups in total. The highest BCUT2D eigenvalue weighted by molar-refractivity contribution is 6.55. The van der Waals surface area contributed by atoms with Gasteiger partial charge in [0.1, 0.15) is 6.29 Å². The van der Waals surface area contributed by atoms with Crippen molar-refractivity contribution in [2.24, 2.45) is 0 Å². The number of hydrogen-bond acceptors (Lipinski definition) is 3. The summed E-state index contributed by atoms with van der Waals surface area (Å²) in [6.45, 7) is 7.68. The predicted octanol–water partition coefficient (Wildman–Crippen LogP) is 0.667. The Morgan fingerprint density at radius 2 is 2.15 bits per heavy atom. The Kier molecular flexibility index (Phi) is 6.20. The van der Waals surface area contributed by atoms with Crippen LogP contribution in [0.5, 0.6) is 0 Å². The Morgan fingerprint density at radius 3 is 2.54 bits per heavy atom. The standard InChI is InChI=1S/C9H21NO2Si/c1-9(7-11,10-2)8-12-5-6-13(3)4/h7,10,13H,5-6,8H2,1-4H3/t9-/m1/s1. The van der Waals surface area contributed by atoms with Gasteiger partial charge in [-0.3, -0.25) is 0 Å². The summed E-state index contributed by atoms with van der Waals surface area (Å²) in [4.78, 5) is 10.7. The first-order chi connectivity index (χ1) is 6.04. The van der Waals surface area contributed by atoms with Gasteiger partial charge in [-0.2, -0.15) is 0 Å². The summed E-state index contributed by atoms with van der Waals surface area (Å²) in [6.07, 6.45) is 0.903. The molecular formula is C9H21NO2Si. The summed E-state index contributed by atoms with van der Waals surface area (Å²) in [7, 11) is 1.27. The van der Waals surface area contributed by atoms with Gasteiger partial charge in [-0.05, 0) is 20.0 Å². The minimum absolute atomic E-state index is 0.466. The maximum Gasteiger partial charge on any atom is 0.142 e. The van der Waals surface area contributed by atoms with Crippen LogP contribution in [-0.2, 0) is 9.53 Å². The maximum absolute atomic E-state index is 10.7. The summed E-state index contributed by atoms with van der Waals surface area (Å²) in [5.74, 6) is 0. The fourth-order valence-electron chi connectivity index (χ4n) is 0.768. The average Bonchev–Trinajstić information content (AvgIpc) is 2.12. The first-order valence-electron chi connectivity index (χ1n) is 4.77. The molecule has 4 heteroatoms. The van der Waals surface area contributed by atoms with Gasteiger partial charge < -0.3 is 14.8 Å². The molecule has 0 bridgehead atoms. The highest BCUT2D eigenvalue weighted by atomic mass is 28.3. The van der Waals surface area contributed by atoms with Crippen molar-refractivity contribution in [3.05, 3.63) is 0 Å². The molecule has 0 amide bonds. The van der Waals surface area contributed by atoms with Crippen LogP contribution < -0.4 is 5.32 Å². The van der Waals surface area contributed by atoms with Crippen LogP contribution in [0.15, 0.2) is 0 Å². The van der Waals surface area contributed by atoms with Crippen molar-refractivity contribution in [3.8, 4) is 0 Å². The second-order valence-electron chi connectivity index (χ2n) is 4.02. The number of rotatable bonds is 7. The van der Waals surface area contributed by atoms with E-state index in [0.29, 0.717) is 6.61 Å². The van der Waals surface area contributed by atoms with Gasteiger partial charge in [0.2, 0.25) is 0 Å². The number of hydrogen-bond donors (Lipinski definition) is 1. The average molecular weight is 203 g/mol. The molecule has 1 atom stereocenters. The number of carbonyl (C=O) groups is 1. The zero-order chi connectivity index (χ0) is 10.3. The lowest BCUT2D eigenvalue weighted by Crippen LogP contribution is -2.45. The summed E-state index contributed by atoms with van der Waals surface area (Å²) >= 11 is 0. The summed E-state index contributed by atoms with van der Waals surface area (Å²) in [6, 6.07) is 1.18. The van der Waals surface area contributed by atoms with Crippen molar-refractivity contribution >= 4 is 15.1 Å². The number of aldehydes is 1. The molecule has 0 aromatic heterocycles. The molecule has 0 aliphatic carbocycles.